The van der Waals surface area contributed by atoms with Crippen LogP contribution in [-0.2, 0) is 24.3 Å². The average Bonchev–Trinajstić information content (AvgIpc) is 2.78. The van der Waals surface area contributed by atoms with Crippen molar-refractivity contribution < 1.29 is 27.8 Å². The van der Waals surface area contributed by atoms with E-state index in [0.29, 0.717) is 12.8 Å². The number of carbonyl (C=O) groups excluding carboxylic acids is 1. The molecule has 2 saturated heterocycles. The lowest BCUT2D eigenvalue weighted by molar-refractivity contribution is -0.144. The molecule has 32 heavy (non-hydrogen) atoms. The molecule has 0 radical (unpaired) electrons. The van der Waals surface area contributed by atoms with Crippen molar-refractivity contribution in [3.8, 4) is 0 Å². The van der Waals surface area contributed by atoms with Crippen molar-refractivity contribution in [2.24, 2.45) is 0 Å². The minimum absolute atomic E-state index is 0.0204. The monoisotopic (exact) mass is 460 g/mol. The lowest BCUT2D eigenvalue weighted by atomic mass is 9.96. The first-order valence-electron chi connectivity index (χ1n) is 10.8. The van der Waals surface area contributed by atoms with Crippen molar-refractivity contribution in [2.75, 3.05) is 25.1 Å². The number of sulfonamides is 1. The number of hydrogen-bond donors (Lipinski definition) is 2. The number of anilines is 1. The Morgan fingerprint density at radius 1 is 1.03 bits per heavy atom. The number of aliphatic hydroxyl groups excluding tert-OH is 1. The van der Waals surface area contributed by atoms with Gasteiger partial charge in [0.1, 0.15) is 0 Å². The number of carbonyl (C=O) groups is 1. The van der Waals surface area contributed by atoms with E-state index in [4.69, 9.17) is 9.47 Å². The number of benzene rings is 2. The normalized spacial score (nSPS) is 27.0. The molecule has 0 bridgehead atoms. The molecule has 0 aliphatic carbocycles. The van der Waals surface area contributed by atoms with Gasteiger partial charge >= 0.3 is 0 Å². The molecule has 2 aliphatic heterocycles. The summed E-state index contributed by atoms with van der Waals surface area (Å²) in [5, 5.41) is 13.1. The van der Waals surface area contributed by atoms with Gasteiger partial charge in [-0.15, -0.1) is 0 Å². The van der Waals surface area contributed by atoms with Gasteiger partial charge in [0, 0.05) is 12.2 Å². The Morgan fingerprint density at radius 2 is 1.72 bits per heavy atom. The molecular formula is C23H28N2O6S. The van der Waals surface area contributed by atoms with E-state index in [-0.39, 0.29) is 43.1 Å². The van der Waals surface area contributed by atoms with E-state index >= 15 is 0 Å². The Bertz CT molecular complexity index is 1000. The highest BCUT2D eigenvalue weighted by atomic mass is 32.2. The van der Waals surface area contributed by atoms with Crippen molar-refractivity contribution in [3.05, 3.63) is 60.7 Å². The van der Waals surface area contributed by atoms with Crippen LogP contribution >= 0.6 is 0 Å². The smallest absolute Gasteiger partial charge is 0.243 e. The van der Waals surface area contributed by atoms with Crippen LogP contribution in [0.3, 0.4) is 0 Å². The van der Waals surface area contributed by atoms with Gasteiger partial charge in [0.2, 0.25) is 15.9 Å². The molecule has 8 nitrogen and oxygen atoms in total. The first-order valence-corrected chi connectivity index (χ1v) is 12.2. The zero-order valence-electron chi connectivity index (χ0n) is 17.7. The molecule has 2 heterocycles. The van der Waals surface area contributed by atoms with E-state index in [0.717, 1.165) is 5.69 Å². The molecule has 2 N–H and O–H groups in total. The van der Waals surface area contributed by atoms with Crippen LogP contribution in [-0.4, -0.2) is 67.8 Å². The topological polar surface area (TPSA) is 105 Å². The molecule has 172 valence electrons. The summed E-state index contributed by atoms with van der Waals surface area (Å²) in [6.07, 6.45) is -0.579. The van der Waals surface area contributed by atoms with E-state index in [1.54, 1.807) is 30.3 Å². The van der Waals surface area contributed by atoms with Crippen molar-refractivity contribution in [3.63, 3.8) is 0 Å². The van der Waals surface area contributed by atoms with E-state index < -0.39 is 28.3 Å². The summed E-state index contributed by atoms with van der Waals surface area (Å²) in [5.41, 5.74) is 0.717. The summed E-state index contributed by atoms with van der Waals surface area (Å²) in [7, 11) is -3.83. The van der Waals surface area contributed by atoms with Gasteiger partial charge in [0.15, 0.2) is 0 Å². The van der Waals surface area contributed by atoms with Gasteiger partial charge in [-0.05, 0) is 37.1 Å². The molecule has 2 fully saturated rings. The number of aliphatic hydroxyl groups is 1. The molecule has 0 saturated carbocycles. The average molecular weight is 461 g/mol. The van der Waals surface area contributed by atoms with Crippen LogP contribution in [0.25, 0.3) is 0 Å². The van der Waals surface area contributed by atoms with Crippen molar-refractivity contribution in [2.45, 2.75) is 48.5 Å². The number of hydrogen-bond acceptors (Lipinski definition) is 6. The van der Waals surface area contributed by atoms with Gasteiger partial charge in [-0.1, -0.05) is 36.4 Å². The first-order chi connectivity index (χ1) is 15.4. The van der Waals surface area contributed by atoms with Gasteiger partial charge in [0.05, 0.1) is 48.9 Å². The second-order valence-electron chi connectivity index (χ2n) is 8.14. The fraction of sp³-hybridized carbons (Fsp3) is 0.435. The highest BCUT2D eigenvalue weighted by molar-refractivity contribution is 7.89. The summed E-state index contributed by atoms with van der Waals surface area (Å²) in [6, 6.07) is 16.9. The Balaban J connectivity index is 1.47. The maximum Gasteiger partial charge on any atom is 0.243 e. The lowest BCUT2D eigenvalue weighted by Crippen LogP contribution is -2.57. The fourth-order valence-corrected chi connectivity index (χ4v) is 5.98. The Labute approximate surface area is 188 Å². The Morgan fingerprint density at radius 3 is 2.44 bits per heavy atom. The molecule has 0 aromatic heterocycles. The summed E-state index contributed by atoms with van der Waals surface area (Å²) in [5.74, 6) is -0.157. The summed E-state index contributed by atoms with van der Waals surface area (Å²) >= 11 is 0. The molecule has 1 amide bonds. The molecule has 4 atom stereocenters. The van der Waals surface area contributed by atoms with Crippen LogP contribution in [0.15, 0.2) is 65.6 Å². The fourth-order valence-electron chi connectivity index (χ4n) is 4.24. The van der Waals surface area contributed by atoms with Crippen molar-refractivity contribution >= 4 is 21.6 Å². The van der Waals surface area contributed by atoms with E-state index in [9.17, 15) is 18.3 Å². The second kappa shape index (κ2) is 10.1. The number of nitrogens with zero attached hydrogens (tertiary/aromatic N) is 1. The molecule has 9 heteroatoms. The van der Waals surface area contributed by atoms with E-state index in [1.807, 2.05) is 30.3 Å². The summed E-state index contributed by atoms with van der Waals surface area (Å²) < 4.78 is 39.8. The van der Waals surface area contributed by atoms with Crippen LogP contribution in [0, 0.1) is 0 Å². The number of nitrogens with one attached hydrogen (secondary N) is 1. The van der Waals surface area contributed by atoms with Crippen LogP contribution in [0.4, 0.5) is 5.69 Å². The van der Waals surface area contributed by atoms with Crippen LogP contribution in [0.2, 0.25) is 0 Å². The maximum atomic E-state index is 13.4. The minimum Gasteiger partial charge on any atom is -0.389 e. The third kappa shape index (κ3) is 5.36. The third-order valence-electron chi connectivity index (χ3n) is 5.75. The Kier molecular flexibility index (Phi) is 7.22. The molecule has 2 aromatic carbocycles. The van der Waals surface area contributed by atoms with Gasteiger partial charge < -0.3 is 19.9 Å². The predicted octanol–water partition coefficient (Wildman–Crippen LogP) is 2.01. The number of fused-ring (bicyclic) bond motifs is 1. The zero-order chi connectivity index (χ0) is 22.6. The van der Waals surface area contributed by atoms with Gasteiger partial charge in [0.25, 0.3) is 0 Å². The molecule has 0 spiro atoms. The summed E-state index contributed by atoms with van der Waals surface area (Å²) in [4.78, 5) is 12.6. The van der Waals surface area contributed by atoms with Crippen molar-refractivity contribution in [1.82, 2.24) is 4.31 Å². The van der Waals surface area contributed by atoms with Crippen LogP contribution in [0.1, 0.15) is 19.3 Å². The highest BCUT2D eigenvalue weighted by Gasteiger charge is 2.43. The second-order valence-corrected chi connectivity index (χ2v) is 10.0. The zero-order valence-corrected chi connectivity index (χ0v) is 18.5. The highest BCUT2D eigenvalue weighted by Crippen LogP contribution is 2.31. The first kappa shape index (κ1) is 22.9. The van der Waals surface area contributed by atoms with Gasteiger partial charge in [-0.2, -0.15) is 4.31 Å². The van der Waals surface area contributed by atoms with Crippen LogP contribution < -0.4 is 5.32 Å². The van der Waals surface area contributed by atoms with Crippen molar-refractivity contribution in [1.29, 1.82) is 0 Å². The molecule has 0 unspecified atom stereocenters. The quantitative estimate of drug-likeness (QED) is 0.707. The standard InChI is InChI=1S/C23H28N2O6S/c26-18-14-25(32(28,29)20-9-5-2-6-10-20)21-12-11-19(31-22(21)16-30-15-18)13-23(27)24-17-7-3-1-4-8-17/h1-10,18-19,21-22,26H,11-16H2,(H,24,27)/t18-,19-,21+,22-/m0/s1. The molecule has 4 rings (SSSR count). The largest absolute Gasteiger partial charge is 0.389 e. The number of para-hydroxylation sites is 1. The SMILES string of the molecule is O=C(C[C@@H]1CC[C@@H]2[C@H](COC[C@@H](O)CN2S(=O)(=O)c2ccccc2)O1)Nc1ccccc1. The van der Waals surface area contributed by atoms with Crippen LogP contribution in [0.5, 0.6) is 0 Å². The number of rotatable bonds is 5. The number of amides is 1. The van der Waals surface area contributed by atoms with E-state index in [1.165, 1.54) is 4.31 Å². The minimum atomic E-state index is -3.83. The maximum absolute atomic E-state index is 13.4. The predicted molar refractivity (Wildman–Crippen MR) is 119 cm³/mol. The number of ether oxygens (including phenoxy) is 2. The summed E-state index contributed by atoms with van der Waals surface area (Å²) in [6.45, 7) is 0.104. The lowest BCUT2D eigenvalue weighted by Gasteiger charge is -2.43. The third-order valence-corrected chi connectivity index (χ3v) is 7.66. The molecule has 2 aromatic rings. The Hall–Kier alpha value is -2.30. The van der Waals surface area contributed by atoms with Gasteiger partial charge in [-0.3, -0.25) is 4.79 Å². The number of β-amino-alcohol motifs (C(OH)–C–C–N with tert-alkyl or cyclic N) is 1. The van der Waals surface area contributed by atoms with E-state index in [2.05, 4.69) is 5.32 Å². The molecule has 2 aliphatic rings. The molecular weight excluding hydrogens is 432 g/mol. The van der Waals surface area contributed by atoms with Gasteiger partial charge in [-0.25, -0.2) is 8.42 Å².